The van der Waals surface area contributed by atoms with E-state index < -0.39 is 0 Å². The zero-order chi connectivity index (χ0) is 21.3. The predicted molar refractivity (Wildman–Crippen MR) is 111 cm³/mol. The molecule has 30 heavy (non-hydrogen) atoms. The van der Waals surface area contributed by atoms with Gasteiger partial charge in [-0.1, -0.05) is 42.5 Å². The van der Waals surface area contributed by atoms with Gasteiger partial charge in [0.1, 0.15) is 5.82 Å². The largest absolute Gasteiger partial charge is 0.339 e. The number of hydrogen-bond donors (Lipinski definition) is 2. The van der Waals surface area contributed by atoms with Crippen molar-refractivity contribution in [3.05, 3.63) is 77.6 Å². The van der Waals surface area contributed by atoms with Crippen LogP contribution in [0.3, 0.4) is 0 Å². The highest BCUT2D eigenvalue weighted by Gasteiger charge is 2.26. The van der Waals surface area contributed by atoms with Crippen molar-refractivity contribution < 1.29 is 18.8 Å². The standard InChI is InChI=1S/C23H24FN3O3/c24-20-9-6-18(7-10-20)16-21(28)25-26-23(30)19-12-14-27(15-13-19)22(29)11-8-17-4-2-1-3-5-17/h1-11,19H,12-16H2,(H,25,28)(H,26,30)/b11-8+. The molecule has 2 aromatic carbocycles. The minimum absolute atomic E-state index is 0.0429. The Labute approximate surface area is 174 Å². The van der Waals surface area contributed by atoms with Crippen molar-refractivity contribution >= 4 is 23.8 Å². The van der Waals surface area contributed by atoms with Gasteiger partial charge in [-0.3, -0.25) is 25.2 Å². The summed E-state index contributed by atoms with van der Waals surface area (Å²) in [5.41, 5.74) is 6.44. The third kappa shape index (κ3) is 6.27. The van der Waals surface area contributed by atoms with Gasteiger partial charge in [-0.05, 0) is 42.2 Å². The molecule has 0 unspecified atom stereocenters. The predicted octanol–water partition coefficient (Wildman–Crippen LogP) is 2.47. The number of carbonyl (C=O) groups excluding carboxylic acids is 3. The van der Waals surface area contributed by atoms with Gasteiger partial charge in [-0.2, -0.15) is 0 Å². The number of piperidine rings is 1. The van der Waals surface area contributed by atoms with Crippen LogP contribution in [-0.4, -0.2) is 35.7 Å². The molecule has 1 heterocycles. The topological polar surface area (TPSA) is 78.5 Å². The van der Waals surface area contributed by atoms with Crippen LogP contribution in [0.4, 0.5) is 4.39 Å². The Balaban J connectivity index is 1.39. The third-order valence-electron chi connectivity index (χ3n) is 5.00. The van der Waals surface area contributed by atoms with Crippen molar-refractivity contribution in [2.24, 2.45) is 5.92 Å². The lowest BCUT2D eigenvalue weighted by atomic mass is 9.96. The van der Waals surface area contributed by atoms with Gasteiger partial charge in [-0.25, -0.2) is 4.39 Å². The van der Waals surface area contributed by atoms with Crippen LogP contribution in [0.25, 0.3) is 6.08 Å². The molecule has 3 amide bonds. The second kappa shape index (κ2) is 10.3. The van der Waals surface area contributed by atoms with E-state index in [0.717, 1.165) is 5.56 Å². The van der Waals surface area contributed by atoms with Gasteiger partial charge in [0, 0.05) is 25.1 Å². The molecule has 0 aromatic heterocycles. The van der Waals surface area contributed by atoms with Gasteiger partial charge in [-0.15, -0.1) is 0 Å². The summed E-state index contributed by atoms with van der Waals surface area (Å²) in [7, 11) is 0. The molecular weight excluding hydrogens is 385 g/mol. The number of hydrazine groups is 1. The molecule has 2 N–H and O–H groups in total. The quantitative estimate of drug-likeness (QED) is 0.588. The van der Waals surface area contributed by atoms with Crippen molar-refractivity contribution in [2.45, 2.75) is 19.3 Å². The first-order valence-corrected chi connectivity index (χ1v) is 9.86. The van der Waals surface area contributed by atoms with Crippen molar-refractivity contribution in [1.29, 1.82) is 0 Å². The average molecular weight is 409 g/mol. The second-order valence-electron chi connectivity index (χ2n) is 7.18. The lowest BCUT2D eigenvalue weighted by Crippen LogP contribution is -2.48. The normalized spacial score (nSPS) is 14.5. The fourth-order valence-electron chi connectivity index (χ4n) is 3.26. The minimum Gasteiger partial charge on any atom is -0.339 e. The van der Waals surface area contributed by atoms with Crippen molar-refractivity contribution in [3.8, 4) is 0 Å². The van der Waals surface area contributed by atoms with E-state index >= 15 is 0 Å². The van der Waals surface area contributed by atoms with Crippen LogP contribution < -0.4 is 10.9 Å². The number of hydrogen-bond acceptors (Lipinski definition) is 3. The molecule has 0 bridgehead atoms. The summed E-state index contributed by atoms with van der Waals surface area (Å²) in [5, 5.41) is 0. The van der Waals surface area contributed by atoms with Crippen molar-refractivity contribution in [2.75, 3.05) is 13.1 Å². The maximum absolute atomic E-state index is 12.9. The molecule has 2 aromatic rings. The molecule has 0 atom stereocenters. The van der Waals surface area contributed by atoms with E-state index in [1.54, 1.807) is 17.1 Å². The molecule has 1 fully saturated rings. The van der Waals surface area contributed by atoms with E-state index in [1.807, 2.05) is 30.3 Å². The van der Waals surface area contributed by atoms with Crippen molar-refractivity contribution in [1.82, 2.24) is 15.8 Å². The number of likely N-dealkylation sites (tertiary alicyclic amines) is 1. The number of benzene rings is 2. The monoisotopic (exact) mass is 409 g/mol. The Morgan fingerprint density at radius 1 is 0.967 bits per heavy atom. The van der Waals surface area contributed by atoms with Gasteiger partial charge in [0.15, 0.2) is 0 Å². The van der Waals surface area contributed by atoms with E-state index in [4.69, 9.17) is 0 Å². The summed E-state index contributed by atoms with van der Waals surface area (Å²) in [4.78, 5) is 38.3. The average Bonchev–Trinajstić information content (AvgIpc) is 2.78. The number of carbonyl (C=O) groups is 3. The van der Waals surface area contributed by atoms with Crippen LogP contribution in [0.15, 0.2) is 60.7 Å². The number of rotatable bonds is 5. The summed E-state index contributed by atoms with van der Waals surface area (Å²) in [5.74, 6) is -1.36. The highest BCUT2D eigenvalue weighted by molar-refractivity contribution is 5.92. The molecule has 7 heteroatoms. The molecule has 1 aliphatic heterocycles. The summed E-state index contributed by atoms with van der Waals surface area (Å²) in [6.07, 6.45) is 4.43. The number of nitrogens with zero attached hydrogens (tertiary/aromatic N) is 1. The van der Waals surface area contributed by atoms with E-state index in [-0.39, 0.29) is 35.9 Å². The highest BCUT2D eigenvalue weighted by atomic mass is 19.1. The van der Waals surface area contributed by atoms with Gasteiger partial charge < -0.3 is 4.90 Å². The van der Waals surface area contributed by atoms with Gasteiger partial charge >= 0.3 is 0 Å². The molecule has 3 rings (SSSR count). The molecule has 0 radical (unpaired) electrons. The Morgan fingerprint density at radius 3 is 2.30 bits per heavy atom. The Kier molecular flexibility index (Phi) is 7.32. The van der Waals surface area contributed by atoms with Crippen LogP contribution in [0.5, 0.6) is 0 Å². The van der Waals surface area contributed by atoms with Crippen LogP contribution in [0, 0.1) is 11.7 Å². The van der Waals surface area contributed by atoms with Crippen LogP contribution in [0.1, 0.15) is 24.0 Å². The second-order valence-corrected chi connectivity index (χ2v) is 7.18. The lowest BCUT2D eigenvalue weighted by Gasteiger charge is -2.30. The molecule has 6 nitrogen and oxygen atoms in total. The first-order valence-electron chi connectivity index (χ1n) is 9.86. The fourth-order valence-corrected chi connectivity index (χ4v) is 3.26. The number of amides is 3. The van der Waals surface area contributed by atoms with Crippen LogP contribution in [-0.2, 0) is 20.8 Å². The Morgan fingerprint density at radius 2 is 1.63 bits per heavy atom. The zero-order valence-electron chi connectivity index (χ0n) is 16.5. The summed E-state index contributed by atoms with van der Waals surface area (Å²) < 4.78 is 12.9. The Bertz CT molecular complexity index is 905. The van der Waals surface area contributed by atoms with Gasteiger partial charge in [0.05, 0.1) is 6.42 Å². The molecule has 0 aliphatic carbocycles. The van der Waals surface area contributed by atoms with E-state index in [9.17, 15) is 18.8 Å². The van der Waals surface area contributed by atoms with Crippen LogP contribution in [0.2, 0.25) is 0 Å². The van der Waals surface area contributed by atoms with Crippen molar-refractivity contribution in [3.63, 3.8) is 0 Å². The smallest absolute Gasteiger partial charge is 0.246 e. The molecule has 156 valence electrons. The lowest BCUT2D eigenvalue weighted by molar-refractivity contribution is -0.134. The molecular formula is C23H24FN3O3. The van der Waals surface area contributed by atoms with E-state index in [2.05, 4.69) is 10.9 Å². The molecule has 1 saturated heterocycles. The maximum atomic E-state index is 12.9. The molecule has 0 saturated carbocycles. The fraction of sp³-hybridized carbons (Fsp3) is 0.261. The van der Waals surface area contributed by atoms with Gasteiger partial charge in [0.25, 0.3) is 0 Å². The first kappa shape index (κ1) is 21.2. The third-order valence-corrected chi connectivity index (χ3v) is 5.00. The summed E-state index contributed by atoms with van der Waals surface area (Å²) >= 11 is 0. The van der Waals surface area contributed by atoms with E-state index in [1.165, 1.54) is 24.3 Å². The molecule has 1 aliphatic rings. The van der Waals surface area contributed by atoms with Crippen LogP contribution >= 0.6 is 0 Å². The summed E-state index contributed by atoms with van der Waals surface area (Å²) in [6, 6.07) is 15.2. The SMILES string of the molecule is O=C(Cc1ccc(F)cc1)NNC(=O)C1CCN(C(=O)/C=C/c2ccccc2)CC1. The first-order chi connectivity index (χ1) is 14.5. The minimum atomic E-state index is -0.381. The Hall–Kier alpha value is -3.48. The highest BCUT2D eigenvalue weighted by Crippen LogP contribution is 2.17. The van der Waals surface area contributed by atoms with Gasteiger partial charge in [0.2, 0.25) is 17.7 Å². The number of halogens is 1. The number of nitrogens with one attached hydrogen (secondary N) is 2. The maximum Gasteiger partial charge on any atom is 0.246 e. The van der Waals surface area contributed by atoms with E-state index in [0.29, 0.717) is 31.5 Å². The molecule has 0 spiro atoms. The summed E-state index contributed by atoms with van der Waals surface area (Å²) in [6.45, 7) is 0.971. The zero-order valence-corrected chi connectivity index (χ0v) is 16.5.